The van der Waals surface area contributed by atoms with Gasteiger partial charge in [-0.1, -0.05) is 62.2 Å². The summed E-state index contributed by atoms with van der Waals surface area (Å²) in [5.41, 5.74) is 5.14. The molecule has 0 N–H and O–H groups in total. The summed E-state index contributed by atoms with van der Waals surface area (Å²) in [6.45, 7) is 15.3. The third kappa shape index (κ3) is 10.2. The first-order valence-corrected chi connectivity index (χ1v) is 14.1. The third-order valence-corrected chi connectivity index (χ3v) is 6.45. The molecule has 0 bridgehead atoms. The molecule has 0 fully saturated rings. The van der Waals surface area contributed by atoms with Crippen LogP contribution >= 0.6 is 0 Å². The molecule has 238 valence electrons. The largest absolute Gasteiger partial charge is 0.496 e. The van der Waals surface area contributed by atoms with Gasteiger partial charge in [0.25, 0.3) is 0 Å². The van der Waals surface area contributed by atoms with Crippen LogP contribution in [0.1, 0.15) is 43.0 Å². The molecule has 0 heterocycles. The van der Waals surface area contributed by atoms with Crippen LogP contribution in [0.15, 0.2) is 103 Å². The highest BCUT2D eigenvalue weighted by Gasteiger charge is 2.13. The van der Waals surface area contributed by atoms with Gasteiger partial charge in [-0.05, 0) is 72.9 Å². The Hall–Kier alpha value is -5.70. The molecule has 0 aliphatic rings. The summed E-state index contributed by atoms with van der Waals surface area (Å²) < 4.78 is 26.7. The van der Waals surface area contributed by atoms with Crippen LogP contribution in [0.2, 0.25) is 0 Å². The number of benzene rings is 3. The average molecular weight is 625 g/mol. The molecule has 3 aromatic rings. The van der Waals surface area contributed by atoms with Crippen LogP contribution < -0.4 is 9.47 Å². The molecule has 9 nitrogen and oxygen atoms in total. The Bertz CT molecular complexity index is 1690. The number of rotatable bonds is 14. The lowest BCUT2D eigenvalue weighted by atomic mass is 10.0. The summed E-state index contributed by atoms with van der Waals surface area (Å²) in [6, 6.07) is 17.8. The highest BCUT2D eigenvalue weighted by atomic mass is 16.5. The molecule has 0 radical (unpaired) electrons. The molecular weight excluding hydrogens is 588 g/mol. The van der Waals surface area contributed by atoms with Crippen LogP contribution in [0.5, 0.6) is 11.5 Å². The van der Waals surface area contributed by atoms with E-state index in [4.69, 9.17) is 23.7 Å². The molecular formula is C37H36O9. The van der Waals surface area contributed by atoms with Crippen molar-refractivity contribution in [1.82, 2.24) is 0 Å². The maximum absolute atomic E-state index is 12.7. The number of carbonyl (C=O) groups excluding carboxylic acids is 4. The molecule has 0 unspecified atom stereocenters. The van der Waals surface area contributed by atoms with Crippen LogP contribution in [0.25, 0.3) is 17.2 Å². The predicted octanol–water partition coefficient (Wildman–Crippen LogP) is 6.84. The maximum Gasteiger partial charge on any atom is 0.336 e. The molecule has 0 spiro atoms. The topological polar surface area (TPSA) is 114 Å². The van der Waals surface area contributed by atoms with Crippen molar-refractivity contribution < 1.29 is 42.9 Å². The summed E-state index contributed by atoms with van der Waals surface area (Å²) in [6.07, 6.45) is 2.84. The van der Waals surface area contributed by atoms with Gasteiger partial charge in [-0.3, -0.25) is 0 Å². The number of ether oxygens (including phenoxy) is 5. The van der Waals surface area contributed by atoms with Gasteiger partial charge in [-0.2, -0.15) is 0 Å². The summed E-state index contributed by atoms with van der Waals surface area (Å²) in [7, 11) is 1.53. The van der Waals surface area contributed by atoms with Gasteiger partial charge in [-0.15, -0.1) is 0 Å². The van der Waals surface area contributed by atoms with Crippen molar-refractivity contribution in [3.8, 4) is 22.6 Å². The second-order valence-corrected chi connectivity index (χ2v) is 10.4. The Morgan fingerprint density at radius 1 is 0.652 bits per heavy atom. The van der Waals surface area contributed by atoms with E-state index in [0.717, 1.165) is 16.7 Å². The Balaban J connectivity index is 1.71. The zero-order valence-electron chi connectivity index (χ0n) is 26.3. The number of methoxy groups -OCH3 is 1. The average Bonchev–Trinajstić information content (AvgIpc) is 3.04. The van der Waals surface area contributed by atoms with Gasteiger partial charge in [0.1, 0.15) is 31.3 Å². The van der Waals surface area contributed by atoms with Crippen molar-refractivity contribution in [2.45, 2.75) is 40.6 Å². The van der Waals surface area contributed by atoms with Crippen LogP contribution in [0, 0.1) is 0 Å². The first-order valence-electron chi connectivity index (χ1n) is 14.1. The quantitative estimate of drug-likeness (QED) is 0.0823. The molecule has 9 heteroatoms. The van der Waals surface area contributed by atoms with E-state index >= 15 is 0 Å². The molecule has 0 amide bonds. The molecule has 46 heavy (non-hydrogen) atoms. The maximum atomic E-state index is 12.7. The Labute approximate surface area is 268 Å². The smallest absolute Gasteiger partial charge is 0.336 e. The highest BCUT2D eigenvalue weighted by molar-refractivity contribution is 5.90. The molecule has 0 aliphatic carbocycles. The van der Waals surface area contributed by atoms with E-state index in [-0.39, 0.29) is 36.7 Å². The molecule has 0 aromatic heterocycles. The highest BCUT2D eigenvalue weighted by Crippen LogP contribution is 2.29. The van der Waals surface area contributed by atoms with E-state index in [2.05, 4.69) is 19.7 Å². The van der Waals surface area contributed by atoms with Gasteiger partial charge in [0.05, 0.1) is 7.11 Å². The fourth-order valence-corrected chi connectivity index (χ4v) is 3.88. The molecule has 3 aromatic carbocycles. The summed E-state index contributed by atoms with van der Waals surface area (Å²) >= 11 is 0. The van der Waals surface area contributed by atoms with Crippen LogP contribution in [0.3, 0.4) is 0 Å². The molecule has 3 rings (SSSR count). The van der Waals surface area contributed by atoms with Crippen molar-refractivity contribution in [2.75, 3.05) is 7.11 Å². The monoisotopic (exact) mass is 624 g/mol. The minimum Gasteiger partial charge on any atom is -0.496 e. The predicted molar refractivity (Wildman–Crippen MR) is 173 cm³/mol. The Morgan fingerprint density at radius 3 is 1.76 bits per heavy atom. The van der Waals surface area contributed by atoms with E-state index < -0.39 is 23.9 Å². The van der Waals surface area contributed by atoms with E-state index in [0.29, 0.717) is 28.0 Å². The normalized spacial score (nSPS) is 10.5. The van der Waals surface area contributed by atoms with E-state index in [1.807, 2.05) is 42.5 Å². The standard InChI is InChI=1S/C37H36O9/c1-23(2)35(39)43-20-26-8-10-27(11-9-26)29-13-12-28(33(19-29)42-7)15-17-34(38)46-32-16-14-30(21-44-36(40)24(3)4)31(18-32)22-45-37(41)25(5)6/h8-19H,1,3,5,20-22H2,2,4,6-7H3/b17-15+. The summed E-state index contributed by atoms with van der Waals surface area (Å²) in [4.78, 5) is 48.2. The fraction of sp³-hybridized carbons (Fsp3) is 0.189. The minimum absolute atomic E-state index is 0.0927. The van der Waals surface area contributed by atoms with Crippen LogP contribution in [-0.2, 0) is 53.2 Å². The summed E-state index contributed by atoms with van der Waals surface area (Å²) in [5, 5.41) is 0. The van der Waals surface area contributed by atoms with Crippen molar-refractivity contribution >= 4 is 30.0 Å². The van der Waals surface area contributed by atoms with Crippen LogP contribution in [0.4, 0.5) is 0 Å². The van der Waals surface area contributed by atoms with Crippen molar-refractivity contribution in [3.63, 3.8) is 0 Å². The van der Waals surface area contributed by atoms with E-state index in [1.54, 1.807) is 25.1 Å². The number of hydrogen-bond acceptors (Lipinski definition) is 9. The third-order valence-electron chi connectivity index (χ3n) is 6.45. The van der Waals surface area contributed by atoms with Crippen molar-refractivity contribution in [2.24, 2.45) is 0 Å². The Kier molecular flexibility index (Phi) is 12.4. The second kappa shape index (κ2) is 16.4. The fourth-order valence-electron chi connectivity index (χ4n) is 3.88. The number of esters is 4. The lowest BCUT2D eigenvalue weighted by molar-refractivity contribution is -0.141. The van der Waals surface area contributed by atoms with E-state index in [1.165, 1.54) is 33.1 Å². The number of carbonyl (C=O) groups is 4. The van der Waals surface area contributed by atoms with Crippen LogP contribution in [-0.4, -0.2) is 31.0 Å². The summed E-state index contributed by atoms with van der Waals surface area (Å²) in [5.74, 6) is -1.51. The Morgan fingerprint density at radius 2 is 1.20 bits per heavy atom. The minimum atomic E-state index is -0.652. The van der Waals surface area contributed by atoms with Gasteiger partial charge in [0.15, 0.2) is 0 Å². The number of hydrogen-bond donors (Lipinski definition) is 0. The van der Waals surface area contributed by atoms with Gasteiger partial charge >= 0.3 is 23.9 Å². The van der Waals surface area contributed by atoms with Gasteiger partial charge in [-0.25, -0.2) is 19.2 Å². The molecule has 0 atom stereocenters. The molecule has 0 saturated carbocycles. The molecule has 0 aliphatic heterocycles. The lowest BCUT2D eigenvalue weighted by Crippen LogP contribution is -2.10. The zero-order chi connectivity index (χ0) is 33.8. The second-order valence-electron chi connectivity index (χ2n) is 10.4. The van der Waals surface area contributed by atoms with Crippen molar-refractivity contribution in [1.29, 1.82) is 0 Å². The first kappa shape index (κ1) is 34.8. The van der Waals surface area contributed by atoms with Gasteiger partial charge in [0.2, 0.25) is 0 Å². The van der Waals surface area contributed by atoms with Crippen molar-refractivity contribution in [3.05, 3.63) is 125 Å². The first-order chi connectivity index (χ1) is 21.9. The van der Waals surface area contributed by atoms with Gasteiger partial charge < -0.3 is 23.7 Å². The SMILES string of the molecule is C=C(C)C(=O)OCc1ccc(-c2ccc(/C=C/C(=O)Oc3ccc(COC(=O)C(=C)C)c(COC(=O)C(=C)C)c3)c(OC)c2)cc1. The van der Waals surface area contributed by atoms with Gasteiger partial charge in [0, 0.05) is 28.4 Å². The zero-order valence-corrected chi connectivity index (χ0v) is 26.3. The van der Waals surface area contributed by atoms with E-state index in [9.17, 15) is 19.2 Å². The lowest BCUT2D eigenvalue weighted by Gasteiger charge is -2.13. The molecule has 0 saturated heterocycles.